The molecule has 2 unspecified atom stereocenters. The summed E-state index contributed by atoms with van der Waals surface area (Å²) in [6.45, 7) is 5.91. The number of benzene rings is 1. The van der Waals surface area contributed by atoms with Gasteiger partial charge < -0.3 is 30.7 Å². The van der Waals surface area contributed by atoms with Crippen molar-refractivity contribution < 1.29 is 14.3 Å². The number of pyridine rings is 2. The number of nitrogen functional groups attached to an aromatic ring is 1. The molecule has 1 fully saturated rings. The number of anilines is 2. The van der Waals surface area contributed by atoms with Gasteiger partial charge in [-0.2, -0.15) is 0 Å². The number of carbonyl (C=O) groups excluding carboxylic acids is 1. The summed E-state index contributed by atoms with van der Waals surface area (Å²) in [6.07, 6.45) is 1.50. The third-order valence-electron chi connectivity index (χ3n) is 6.15. The lowest BCUT2D eigenvalue weighted by Gasteiger charge is -2.36. The highest BCUT2D eigenvalue weighted by atomic mass is 35.5. The molecule has 0 spiro atoms. The summed E-state index contributed by atoms with van der Waals surface area (Å²) < 4.78 is 10.6. The Morgan fingerprint density at radius 1 is 1.11 bits per heavy atom. The standard InChI is InChI=1S/C26H29Cl2N7O3/c1-13-11-35(12-14(2)32-13)20-8-5-15(10-31-20)26(36)34-25(30)16-6-7-17(33-24(16)29)21-22(27)18(37-3)9-19(38-4)23(21)28/h5-10,13-14,32H,11-12H2,1-4H3,(H2,29,33)(H2,30,34,36). The van der Waals surface area contributed by atoms with Gasteiger partial charge >= 0.3 is 0 Å². The molecule has 38 heavy (non-hydrogen) atoms. The summed E-state index contributed by atoms with van der Waals surface area (Å²) >= 11 is 13.0. The fourth-order valence-electron chi connectivity index (χ4n) is 4.41. The molecular formula is C26H29Cl2N7O3. The van der Waals surface area contributed by atoms with E-state index in [-0.39, 0.29) is 27.3 Å². The van der Waals surface area contributed by atoms with Gasteiger partial charge in [0.2, 0.25) is 0 Å². The number of nitrogens with zero attached hydrogens (tertiary/aromatic N) is 3. The molecule has 0 aliphatic carbocycles. The summed E-state index contributed by atoms with van der Waals surface area (Å²) in [5.41, 5.74) is 7.45. The third kappa shape index (κ3) is 5.62. The smallest absolute Gasteiger partial charge is 0.258 e. The monoisotopic (exact) mass is 557 g/mol. The van der Waals surface area contributed by atoms with E-state index in [0.29, 0.717) is 40.4 Å². The van der Waals surface area contributed by atoms with Crippen LogP contribution in [0.1, 0.15) is 29.8 Å². The largest absolute Gasteiger partial charge is 0.495 e. The Labute approximate surface area is 231 Å². The number of aromatic nitrogens is 2. The highest BCUT2D eigenvalue weighted by Gasteiger charge is 2.23. The topological polar surface area (TPSA) is 138 Å². The maximum atomic E-state index is 12.8. The Balaban J connectivity index is 1.51. The van der Waals surface area contributed by atoms with E-state index in [0.717, 1.165) is 18.9 Å². The molecule has 1 amide bonds. The predicted molar refractivity (Wildman–Crippen MR) is 150 cm³/mol. The van der Waals surface area contributed by atoms with Gasteiger partial charge in [-0.1, -0.05) is 23.2 Å². The van der Waals surface area contributed by atoms with E-state index in [1.807, 2.05) is 6.07 Å². The number of amidine groups is 1. The first-order valence-electron chi connectivity index (χ1n) is 11.9. The van der Waals surface area contributed by atoms with Crippen molar-refractivity contribution in [3.8, 4) is 22.8 Å². The second-order valence-electron chi connectivity index (χ2n) is 9.02. The van der Waals surface area contributed by atoms with Crippen LogP contribution in [-0.4, -0.2) is 61.1 Å². The van der Waals surface area contributed by atoms with Crippen molar-refractivity contribution in [2.75, 3.05) is 37.9 Å². The van der Waals surface area contributed by atoms with Crippen LogP contribution in [0.5, 0.6) is 11.5 Å². The van der Waals surface area contributed by atoms with Gasteiger partial charge in [-0.25, -0.2) is 9.97 Å². The van der Waals surface area contributed by atoms with Crippen LogP contribution in [0.15, 0.2) is 36.5 Å². The van der Waals surface area contributed by atoms with E-state index in [1.54, 1.807) is 24.3 Å². The van der Waals surface area contributed by atoms with Crippen LogP contribution >= 0.6 is 23.2 Å². The first-order valence-corrected chi connectivity index (χ1v) is 12.6. The first kappa shape index (κ1) is 27.4. The molecule has 2 aromatic heterocycles. The van der Waals surface area contributed by atoms with Crippen molar-refractivity contribution in [1.29, 1.82) is 5.41 Å². The van der Waals surface area contributed by atoms with Gasteiger partial charge in [-0.15, -0.1) is 0 Å². The predicted octanol–water partition coefficient (Wildman–Crippen LogP) is 3.99. The second-order valence-corrected chi connectivity index (χ2v) is 9.78. The number of ether oxygens (including phenoxy) is 2. The zero-order chi connectivity index (χ0) is 27.6. The number of halogens is 2. The summed E-state index contributed by atoms with van der Waals surface area (Å²) in [7, 11) is 2.95. The average molecular weight is 558 g/mol. The molecule has 1 aliphatic heterocycles. The molecule has 3 aromatic rings. The lowest BCUT2D eigenvalue weighted by molar-refractivity contribution is 0.0976. The number of nitrogens with one attached hydrogen (secondary N) is 3. The van der Waals surface area contributed by atoms with E-state index in [1.165, 1.54) is 20.4 Å². The molecule has 5 N–H and O–H groups in total. The molecule has 0 radical (unpaired) electrons. The molecule has 200 valence electrons. The quantitative estimate of drug-likeness (QED) is 0.263. The number of hydrogen-bond donors (Lipinski definition) is 4. The highest BCUT2D eigenvalue weighted by molar-refractivity contribution is 6.41. The van der Waals surface area contributed by atoms with Crippen LogP contribution in [0.2, 0.25) is 10.0 Å². The van der Waals surface area contributed by atoms with Crippen molar-refractivity contribution in [1.82, 2.24) is 20.6 Å². The van der Waals surface area contributed by atoms with Gasteiger partial charge in [-0.05, 0) is 38.1 Å². The van der Waals surface area contributed by atoms with Crippen molar-refractivity contribution in [3.63, 3.8) is 0 Å². The SMILES string of the molecule is COc1cc(OC)c(Cl)c(-c2ccc(C(=N)NC(=O)c3ccc(N4CC(C)NC(C)C4)nc3)c(N)n2)c1Cl. The average Bonchev–Trinajstić information content (AvgIpc) is 2.88. The lowest BCUT2D eigenvalue weighted by Crippen LogP contribution is -2.54. The Hall–Kier alpha value is -3.60. The normalized spacial score (nSPS) is 17.2. The minimum Gasteiger partial charge on any atom is -0.495 e. The van der Waals surface area contributed by atoms with Crippen LogP contribution in [0.4, 0.5) is 11.6 Å². The Morgan fingerprint density at radius 3 is 2.26 bits per heavy atom. The Kier molecular flexibility index (Phi) is 8.25. The van der Waals surface area contributed by atoms with Gasteiger partial charge in [0, 0.05) is 43.0 Å². The van der Waals surface area contributed by atoms with Crippen molar-refractivity contribution in [2.45, 2.75) is 25.9 Å². The van der Waals surface area contributed by atoms with Crippen molar-refractivity contribution >= 4 is 46.6 Å². The summed E-state index contributed by atoms with van der Waals surface area (Å²) in [5.74, 6) is 0.828. The second kappa shape index (κ2) is 11.4. The van der Waals surface area contributed by atoms with E-state index in [9.17, 15) is 4.79 Å². The minimum absolute atomic E-state index is 0.0112. The van der Waals surface area contributed by atoms with E-state index in [4.69, 9.17) is 43.8 Å². The first-order chi connectivity index (χ1) is 18.1. The van der Waals surface area contributed by atoms with Gasteiger partial charge in [0.1, 0.15) is 29.0 Å². The Morgan fingerprint density at radius 2 is 1.74 bits per heavy atom. The van der Waals surface area contributed by atoms with E-state index >= 15 is 0 Å². The molecule has 3 heterocycles. The summed E-state index contributed by atoms with van der Waals surface area (Å²) in [4.78, 5) is 23.8. The van der Waals surface area contributed by atoms with Crippen molar-refractivity contribution in [3.05, 3.63) is 57.7 Å². The van der Waals surface area contributed by atoms with Gasteiger partial charge in [0.25, 0.3) is 5.91 Å². The zero-order valence-corrected chi connectivity index (χ0v) is 22.9. The lowest BCUT2D eigenvalue weighted by atomic mass is 10.1. The van der Waals surface area contributed by atoms with E-state index < -0.39 is 5.91 Å². The number of methoxy groups -OCH3 is 2. The van der Waals surface area contributed by atoms with Crippen LogP contribution in [0.25, 0.3) is 11.3 Å². The molecule has 1 saturated heterocycles. The van der Waals surface area contributed by atoms with Crippen LogP contribution in [0, 0.1) is 5.41 Å². The van der Waals surface area contributed by atoms with Crippen molar-refractivity contribution in [2.24, 2.45) is 0 Å². The molecule has 1 aliphatic rings. The highest BCUT2D eigenvalue weighted by Crippen LogP contribution is 2.45. The van der Waals surface area contributed by atoms with Gasteiger partial charge in [0.15, 0.2) is 0 Å². The zero-order valence-electron chi connectivity index (χ0n) is 21.4. The minimum atomic E-state index is -0.483. The number of amides is 1. The third-order valence-corrected chi connectivity index (χ3v) is 6.90. The molecule has 4 rings (SSSR count). The number of rotatable bonds is 6. The number of carbonyl (C=O) groups is 1. The fraction of sp³-hybridized carbons (Fsp3) is 0.308. The number of piperazine rings is 1. The van der Waals surface area contributed by atoms with E-state index in [2.05, 4.69) is 39.3 Å². The summed E-state index contributed by atoms with van der Waals surface area (Å²) in [6, 6.07) is 8.91. The summed E-state index contributed by atoms with van der Waals surface area (Å²) in [5, 5.41) is 14.9. The van der Waals surface area contributed by atoms with Crippen LogP contribution < -0.4 is 30.7 Å². The molecular weight excluding hydrogens is 529 g/mol. The maximum absolute atomic E-state index is 12.8. The molecule has 12 heteroatoms. The van der Waals surface area contributed by atoms with Crippen LogP contribution in [0.3, 0.4) is 0 Å². The van der Waals surface area contributed by atoms with Crippen LogP contribution in [-0.2, 0) is 0 Å². The maximum Gasteiger partial charge on any atom is 0.258 e. The number of hydrogen-bond acceptors (Lipinski definition) is 9. The fourth-order valence-corrected chi connectivity index (χ4v) is 5.10. The molecule has 2 atom stereocenters. The molecule has 0 bridgehead atoms. The van der Waals surface area contributed by atoms with Gasteiger partial charge in [-0.3, -0.25) is 10.2 Å². The number of nitrogens with two attached hydrogens (primary N) is 1. The molecule has 1 aromatic carbocycles. The van der Waals surface area contributed by atoms with Gasteiger partial charge in [0.05, 0.1) is 41.1 Å². The molecule has 0 saturated carbocycles. The Bertz CT molecular complexity index is 1330. The molecule has 10 nitrogen and oxygen atoms in total.